The van der Waals surface area contributed by atoms with Crippen LogP contribution in [0.3, 0.4) is 0 Å². The number of rotatable bonds is 5. The second kappa shape index (κ2) is 13.1. The highest BCUT2D eigenvalue weighted by Crippen LogP contribution is 2.29. The summed E-state index contributed by atoms with van der Waals surface area (Å²) in [6, 6.07) is 23.4. The molecule has 1 aromatic heterocycles. The molecule has 210 valence electrons. The summed E-state index contributed by atoms with van der Waals surface area (Å²) in [5, 5.41) is 0. The molecule has 41 heavy (non-hydrogen) atoms. The molecule has 8 heteroatoms. The zero-order chi connectivity index (χ0) is 28.6. The largest absolute Gasteiger partial charge is 0.493 e. The SMILES string of the molecule is CN1CCN(C(=O)CCOc2cccc(F)c2)CCOc2ccc(-c3cccnc3)cc2Cc2cccc(c2)C1=O. The average Bonchev–Trinajstić information content (AvgIpc) is 2.99. The second-order valence-corrected chi connectivity index (χ2v) is 9.95. The number of halogens is 1. The minimum Gasteiger partial charge on any atom is -0.493 e. The Balaban J connectivity index is 1.36. The first-order chi connectivity index (χ1) is 20.0. The highest BCUT2D eigenvalue weighted by atomic mass is 19.1. The fourth-order valence-corrected chi connectivity index (χ4v) is 4.80. The van der Waals surface area contributed by atoms with Crippen LogP contribution in [-0.4, -0.2) is 66.5 Å². The number of carbonyl (C=O) groups is 2. The van der Waals surface area contributed by atoms with Crippen molar-refractivity contribution in [3.05, 3.63) is 114 Å². The fourth-order valence-electron chi connectivity index (χ4n) is 4.80. The maximum atomic E-state index is 13.5. The van der Waals surface area contributed by atoms with Gasteiger partial charge < -0.3 is 19.3 Å². The highest BCUT2D eigenvalue weighted by Gasteiger charge is 2.19. The number of amides is 2. The Morgan fingerprint density at radius 1 is 0.951 bits per heavy atom. The molecule has 0 aliphatic carbocycles. The van der Waals surface area contributed by atoms with E-state index in [4.69, 9.17) is 9.47 Å². The summed E-state index contributed by atoms with van der Waals surface area (Å²) in [5.41, 5.74) is 4.59. The van der Waals surface area contributed by atoms with Crippen molar-refractivity contribution in [3.8, 4) is 22.6 Å². The van der Waals surface area contributed by atoms with E-state index in [9.17, 15) is 14.0 Å². The molecule has 0 N–H and O–H groups in total. The van der Waals surface area contributed by atoms with Gasteiger partial charge in [0.2, 0.25) is 5.91 Å². The van der Waals surface area contributed by atoms with E-state index in [1.807, 2.05) is 54.7 Å². The van der Waals surface area contributed by atoms with E-state index in [0.717, 1.165) is 28.0 Å². The molecule has 0 atom stereocenters. The number of ether oxygens (including phenoxy) is 2. The normalized spacial score (nSPS) is 14.0. The summed E-state index contributed by atoms with van der Waals surface area (Å²) in [4.78, 5) is 34.0. The van der Waals surface area contributed by atoms with Crippen molar-refractivity contribution >= 4 is 11.8 Å². The van der Waals surface area contributed by atoms with Crippen LogP contribution in [0.4, 0.5) is 4.39 Å². The summed E-state index contributed by atoms with van der Waals surface area (Å²) < 4.78 is 25.3. The third-order valence-electron chi connectivity index (χ3n) is 7.03. The molecule has 1 aliphatic rings. The van der Waals surface area contributed by atoms with Crippen LogP contribution in [0.15, 0.2) is 91.3 Å². The summed E-state index contributed by atoms with van der Waals surface area (Å²) >= 11 is 0. The summed E-state index contributed by atoms with van der Waals surface area (Å²) in [6.07, 6.45) is 4.25. The summed E-state index contributed by atoms with van der Waals surface area (Å²) in [5.74, 6) is 0.465. The van der Waals surface area contributed by atoms with Gasteiger partial charge in [0.1, 0.15) is 23.9 Å². The van der Waals surface area contributed by atoms with Gasteiger partial charge in [0.05, 0.1) is 19.6 Å². The van der Waals surface area contributed by atoms with Crippen molar-refractivity contribution in [2.75, 3.05) is 39.9 Å². The molecule has 0 saturated heterocycles. The number of fused-ring (bicyclic) bond motifs is 3. The number of hydrogen-bond acceptors (Lipinski definition) is 5. The van der Waals surface area contributed by atoms with Crippen LogP contribution in [0, 0.1) is 5.82 Å². The number of carbonyl (C=O) groups excluding carboxylic acids is 2. The van der Waals surface area contributed by atoms with Crippen LogP contribution >= 0.6 is 0 Å². The first-order valence-electron chi connectivity index (χ1n) is 13.6. The Morgan fingerprint density at radius 2 is 1.80 bits per heavy atom. The maximum absolute atomic E-state index is 13.5. The van der Waals surface area contributed by atoms with E-state index < -0.39 is 5.82 Å². The summed E-state index contributed by atoms with van der Waals surface area (Å²) in [7, 11) is 1.74. The van der Waals surface area contributed by atoms with Crippen molar-refractivity contribution in [2.45, 2.75) is 12.8 Å². The number of pyridine rings is 1. The van der Waals surface area contributed by atoms with E-state index in [1.165, 1.54) is 12.1 Å². The predicted molar refractivity (Wildman–Crippen MR) is 154 cm³/mol. The number of benzene rings is 3. The zero-order valence-electron chi connectivity index (χ0n) is 23.0. The van der Waals surface area contributed by atoms with Crippen molar-refractivity contribution in [2.24, 2.45) is 0 Å². The van der Waals surface area contributed by atoms with E-state index in [2.05, 4.69) is 11.1 Å². The molecular weight excluding hydrogens is 521 g/mol. The van der Waals surface area contributed by atoms with Crippen LogP contribution in [0.5, 0.6) is 11.5 Å². The van der Waals surface area contributed by atoms with Gasteiger partial charge in [-0.1, -0.05) is 30.3 Å². The molecule has 2 heterocycles. The standard InChI is InChI=1S/C33H32FN3O4/c1-36-14-15-37(32(38)12-17-40-30-9-3-8-29(34)22-30)16-18-41-31-11-10-25(27-7-4-13-35-23-27)21-28(31)20-24-5-2-6-26(19-24)33(36)39/h2-11,13,19,21-23H,12,14-18,20H2,1H3. The van der Waals surface area contributed by atoms with Gasteiger partial charge in [0, 0.05) is 56.1 Å². The Bertz CT molecular complexity index is 1510. The van der Waals surface area contributed by atoms with E-state index in [0.29, 0.717) is 37.4 Å². The van der Waals surface area contributed by atoms with E-state index >= 15 is 0 Å². The molecule has 5 rings (SSSR count). The third-order valence-corrected chi connectivity index (χ3v) is 7.03. The molecular formula is C33H32FN3O4. The zero-order valence-corrected chi connectivity index (χ0v) is 23.0. The van der Waals surface area contributed by atoms with Gasteiger partial charge >= 0.3 is 0 Å². The maximum Gasteiger partial charge on any atom is 0.253 e. The number of hydrogen-bond donors (Lipinski definition) is 0. The lowest BCUT2D eigenvalue weighted by atomic mass is 9.98. The summed E-state index contributed by atoms with van der Waals surface area (Å²) in [6.45, 7) is 1.45. The Kier molecular flexibility index (Phi) is 8.89. The Hall–Kier alpha value is -4.72. The van der Waals surface area contributed by atoms with Crippen LogP contribution in [0.1, 0.15) is 27.9 Å². The number of nitrogens with zero attached hydrogens (tertiary/aromatic N) is 3. The van der Waals surface area contributed by atoms with Crippen LogP contribution in [0.25, 0.3) is 11.1 Å². The molecule has 2 amide bonds. The topological polar surface area (TPSA) is 72.0 Å². The molecule has 7 nitrogen and oxygen atoms in total. The van der Waals surface area contributed by atoms with Crippen molar-refractivity contribution in [1.82, 2.24) is 14.8 Å². The monoisotopic (exact) mass is 553 g/mol. The molecule has 0 unspecified atom stereocenters. The molecule has 3 aromatic carbocycles. The molecule has 0 saturated carbocycles. The van der Waals surface area contributed by atoms with Gasteiger partial charge in [0.15, 0.2) is 0 Å². The van der Waals surface area contributed by atoms with Gasteiger partial charge in [-0.15, -0.1) is 0 Å². The first-order valence-corrected chi connectivity index (χ1v) is 13.6. The fraction of sp³-hybridized carbons (Fsp3) is 0.242. The van der Waals surface area contributed by atoms with Crippen LogP contribution < -0.4 is 9.47 Å². The van der Waals surface area contributed by atoms with Gasteiger partial charge in [-0.05, 0) is 59.2 Å². The first kappa shape index (κ1) is 27.8. The lowest BCUT2D eigenvalue weighted by molar-refractivity contribution is -0.132. The molecule has 2 bridgehead atoms. The lowest BCUT2D eigenvalue weighted by Crippen LogP contribution is -2.41. The van der Waals surface area contributed by atoms with Crippen LogP contribution in [-0.2, 0) is 11.2 Å². The quantitative estimate of drug-likeness (QED) is 0.338. The van der Waals surface area contributed by atoms with Crippen molar-refractivity contribution < 1.29 is 23.5 Å². The van der Waals surface area contributed by atoms with E-state index in [1.54, 1.807) is 35.2 Å². The second-order valence-electron chi connectivity index (χ2n) is 9.95. The van der Waals surface area contributed by atoms with Gasteiger partial charge in [-0.2, -0.15) is 0 Å². The molecule has 1 aliphatic heterocycles. The molecule has 0 spiro atoms. The number of likely N-dealkylation sites (N-methyl/N-ethyl adjacent to an activating group) is 1. The third kappa shape index (κ3) is 7.28. The van der Waals surface area contributed by atoms with Gasteiger partial charge in [0.25, 0.3) is 5.91 Å². The minimum absolute atomic E-state index is 0.105. The lowest BCUT2D eigenvalue weighted by Gasteiger charge is -2.27. The average molecular weight is 554 g/mol. The Labute approximate surface area is 239 Å². The van der Waals surface area contributed by atoms with E-state index in [-0.39, 0.29) is 31.4 Å². The minimum atomic E-state index is -0.396. The highest BCUT2D eigenvalue weighted by molar-refractivity contribution is 5.94. The molecule has 0 radical (unpaired) electrons. The molecule has 4 aromatic rings. The van der Waals surface area contributed by atoms with Gasteiger partial charge in [-0.3, -0.25) is 14.6 Å². The van der Waals surface area contributed by atoms with Gasteiger partial charge in [-0.25, -0.2) is 4.39 Å². The predicted octanol–water partition coefficient (Wildman–Crippen LogP) is 5.24. The smallest absolute Gasteiger partial charge is 0.253 e. The van der Waals surface area contributed by atoms with Crippen molar-refractivity contribution in [3.63, 3.8) is 0 Å². The Morgan fingerprint density at radius 3 is 2.63 bits per heavy atom. The molecule has 0 fully saturated rings. The van der Waals surface area contributed by atoms with Crippen LogP contribution in [0.2, 0.25) is 0 Å². The number of aromatic nitrogens is 1. The van der Waals surface area contributed by atoms with Crippen molar-refractivity contribution in [1.29, 1.82) is 0 Å².